The normalized spacial score (nSPS) is 17.2. The van der Waals surface area contributed by atoms with Crippen molar-refractivity contribution >= 4 is 29.5 Å². The third-order valence-corrected chi connectivity index (χ3v) is 4.68. The SMILES string of the molecule is Cc1nc(C(=O)N2CSCC2C(=O)NCC(C)C)ccc1C(=O)O. The first-order valence-electron chi connectivity index (χ1n) is 7.68. The minimum absolute atomic E-state index is 0.0635. The zero-order valence-corrected chi connectivity index (χ0v) is 14.7. The van der Waals surface area contributed by atoms with E-state index in [1.807, 2.05) is 13.8 Å². The number of carbonyl (C=O) groups is 3. The van der Waals surface area contributed by atoms with Crippen LogP contribution in [0.25, 0.3) is 0 Å². The van der Waals surface area contributed by atoms with Gasteiger partial charge in [0.05, 0.1) is 17.1 Å². The number of hydrogen-bond donors (Lipinski definition) is 2. The van der Waals surface area contributed by atoms with Crippen molar-refractivity contribution in [1.82, 2.24) is 15.2 Å². The van der Waals surface area contributed by atoms with Gasteiger partial charge in [0, 0.05) is 12.3 Å². The molecule has 2 heterocycles. The summed E-state index contributed by atoms with van der Waals surface area (Å²) in [6.45, 7) is 6.12. The van der Waals surface area contributed by atoms with E-state index in [2.05, 4.69) is 10.3 Å². The fourth-order valence-electron chi connectivity index (χ4n) is 2.34. The lowest BCUT2D eigenvalue weighted by molar-refractivity contribution is -0.124. The maximum absolute atomic E-state index is 12.7. The van der Waals surface area contributed by atoms with E-state index in [1.165, 1.54) is 28.8 Å². The van der Waals surface area contributed by atoms with Gasteiger partial charge >= 0.3 is 5.97 Å². The van der Waals surface area contributed by atoms with E-state index in [-0.39, 0.29) is 28.8 Å². The Morgan fingerprint density at radius 1 is 1.42 bits per heavy atom. The molecule has 1 fully saturated rings. The van der Waals surface area contributed by atoms with Crippen molar-refractivity contribution in [2.75, 3.05) is 18.2 Å². The number of aromatic nitrogens is 1. The average Bonchev–Trinajstić information content (AvgIpc) is 3.00. The Balaban J connectivity index is 2.14. The summed E-state index contributed by atoms with van der Waals surface area (Å²) in [7, 11) is 0. The molecule has 0 radical (unpaired) electrons. The molecular weight excluding hydrogens is 330 g/mol. The highest BCUT2D eigenvalue weighted by atomic mass is 32.2. The molecule has 130 valence electrons. The van der Waals surface area contributed by atoms with Crippen LogP contribution in [-0.2, 0) is 4.79 Å². The highest BCUT2D eigenvalue weighted by Crippen LogP contribution is 2.23. The topological polar surface area (TPSA) is 99.6 Å². The van der Waals surface area contributed by atoms with Crippen molar-refractivity contribution in [3.05, 3.63) is 29.1 Å². The van der Waals surface area contributed by atoms with E-state index in [0.717, 1.165) is 0 Å². The Morgan fingerprint density at radius 3 is 2.71 bits per heavy atom. The second kappa shape index (κ2) is 7.65. The first-order chi connectivity index (χ1) is 11.3. The summed E-state index contributed by atoms with van der Waals surface area (Å²) in [6, 6.07) is 2.24. The van der Waals surface area contributed by atoms with E-state index in [9.17, 15) is 14.4 Å². The molecule has 1 aliphatic heterocycles. The molecule has 1 atom stereocenters. The molecule has 2 N–H and O–H groups in total. The number of carboxylic acid groups (broad SMARTS) is 1. The van der Waals surface area contributed by atoms with Crippen LogP contribution in [0.4, 0.5) is 0 Å². The number of rotatable bonds is 5. The first kappa shape index (κ1) is 18.3. The number of thioether (sulfide) groups is 1. The molecule has 0 aliphatic carbocycles. The quantitative estimate of drug-likeness (QED) is 0.831. The molecule has 1 unspecified atom stereocenters. The van der Waals surface area contributed by atoms with Crippen LogP contribution in [0.5, 0.6) is 0 Å². The second-order valence-electron chi connectivity index (χ2n) is 6.06. The number of carboxylic acids is 1. The fourth-order valence-corrected chi connectivity index (χ4v) is 3.49. The Morgan fingerprint density at radius 2 is 2.12 bits per heavy atom. The van der Waals surface area contributed by atoms with Gasteiger partial charge in [-0.1, -0.05) is 13.8 Å². The molecule has 7 nitrogen and oxygen atoms in total. The molecule has 2 rings (SSSR count). The number of nitrogens with zero attached hydrogens (tertiary/aromatic N) is 2. The fraction of sp³-hybridized carbons (Fsp3) is 0.500. The molecule has 24 heavy (non-hydrogen) atoms. The van der Waals surface area contributed by atoms with Gasteiger partial charge in [0.15, 0.2) is 0 Å². The summed E-state index contributed by atoms with van der Waals surface area (Å²) < 4.78 is 0. The van der Waals surface area contributed by atoms with Gasteiger partial charge in [-0.15, -0.1) is 11.8 Å². The molecular formula is C16H21N3O4S. The summed E-state index contributed by atoms with van der Waals surface area (Å²) in [6.07, 6.45) is 0. The van der Waals surface area contributed by atoms with Crippen LogP contribution in [0.2, 0.25) is 0 Å². The van der Waals surface area contributed by atoms with E-state index in [0.29, 0.717) is 24.1 Å². The number of amides is 2. The van der Waals surface area contributed by atoms with Gasteiger partial charge in [-0.05, 0) is 25.0 Å². The molecule has 1 saturated heterocycles. The van der Waals surface area contributed by atoms with E-state index >= 15 is 0 Å². The van der Waals surface area contributed by atoms with Crippen molar-refractivity contribution in [2.24, 2.45) is 5.92 Å². The lowest BCUT2D eigenvalue weighted by Gasteiger charge is -2.23. The minimum atomic E-state index is -1.08. The van der Waals surface area contributed by atoms with Gasteiger partial charge in [0.2, 0.25) is 5.91 Å². The van der Waals surface area contributed by atoms with Gasteiger partial charge in [-0.25, -0.2) is 9.78 Å². The predicted molar refractivity (Wildman–Crippen MR) is 91.1 cm³/mol. The van der Waals surface area contributed by atoms with E-state index in [1.54, 1.807) is 6.92 Å². The van der Waals surface area contributed by atoms with Crippen LogP contribution in [0, 0.1) is 12.8 Å². The summed E-state index contributed by atoms with van der Waals surface area (Å²) >= 11 is 1.51. The van der Waals surface area contributed by atoms with Gasteiger partial charge in [0.1, 0.15) is 11.7 Å². The van der Waals surface area contributed by atoms with Crippen molar-refractivity contribution < 1.29 is 19.5 Å². The third kappa shape index (κ3) is 4.05. The largest absolute Gasteiger partial charge is 0.478 e. The molecule has 0 aromatic carbocycles. The van der Waals surface area contributed by atoms with Crippen LogP contribution >= 0.6 is 11.8 Å². The first-order valence-corrected chi connectivity index (χ1v) is 8.84. The summed E-state index contributed by atoms with van der Waals surface area (Å²) in [5.41, 5.74) is 0.497. The highest BCUT2D eigenvalue weighted by Gasteiger charge is 2.35. The summed E-state index contributed by atoms with van der Waals surface area (Å²) in [5, 5.41) is 11.9. The molecule has 0 spiro atoms. The third-order valence-electron chi connectivity index (χ3n) is 3.67. The van der Waals surface area contributed by atoms with Gasteiger partial charge in [0.25, 0.3) is 5.91 Å². The van der Waals surface area contributed by atoms with Crippen LogP contribution in [-0.4, -0.2) is 57.0 Å². The average molecular weight is 351 g/mol. The second-order valence-corrected chi connectivity index (χ2v) is 7.06. The zero-order chi connectivity index (χ0) is 17.9. The summed E-state index contributed by atoms with van der Waals surface area (Å²) in [4.78, 5) is 41.6. The number of pyridine rings is 1. The van der Waals surface area contributed by atoms with Crippen molar-refractivity contribution in [2.45, 2.75) is 26.8 Å². The van der Waals surface area contributed by atoms with Crippen LogP contribution < -0.4 is 5.32 Å². The highest BCUT2D eigenvalue weighted by molar-refractivity contribution is 7.99. The number of nitrogens with one attached hydrogen (secondary N) is 1. The van der Waals surface area contributed by atoms with Crippen LogP contribution in [0.15, 0.2) is 12.1 Å². The molecule has 0 bridgehead atoms. The zero-order valence-electron chi connectivity index (χ0n) is 13.9. The Labute approximate surface area is 144 Å². The molecule has 1 aliphatic rings. The van der Waals surface area contributed by atoms with Crippen molar-refractivity contribution in [1.29, 1.82) is 0 Å². The molecule has 1 aromatic rings. The Hall–Kier alpha value is -2.09. The van der Waals surface area contributed by atoms with Gasteiger partial charge in [-0.3, -0.25) is 9.59 Å². The monoisotopic (exact) mass is 351 g/mol. The van der Waals surface area contributed by atoms with E-state index in [4.69, 9.17) is 5.11 Å². The number of hydrogen-bond acceptors (Lipinski definition) is 5. The number of aromatic carboxylic acids is 1. The lowest BCUT2D eigenvalue weighted by atomic mass is 10.1. The van der Waals surface area contributed by atoms with Gasteiger partial charge in [-0.2, -0.15) is 0 Å². The standard InChI is InChI=1S/C16H21N3O4S/c1-9(2)6-17-14(20)13-7-24-8-19(13)15(21)12-5-4-11(16(22)23)10(3)18-12/h4-5,9,13H,6-8H2,1-3H3,(H,17,20)(H,22,23). The summed E-state index contributed by atoms with van der Waals surface area (Å²) in [5.74, 6) is -0.311. The Bertz CT molecular complexity index is 663. The maximum atomic E-state index is 12.7. The smallest absolute Gasteiger partial charge is 0.337 e. The number of carbonyl (C=O) groups excluding carboxylic acids is 2. The lowest BCUT2D eigenvalue weighted by Crippen LogP contribution is -2.48. The van der Waals surface area contributed by atoms with E-state index < -0.39 is 12.0 Å². The minimum Gasteiger partial charge on any atom is -0.478 e. The van der Waals surface area contributed by atoms with Crippen molar-refractivity contribution in [3.8, 4) is 0 Å². The Kier molecular flexibility index (Phi) is 5.82. The molecule has 2 amide bonds. The predicted octanol–water partition coefficient (Wildman–Crippen LogP) is 1.38. The maximum Gasteiger partial charge on any atom is 0.337 e. The van der Waals surface area contributed by atoms with Gasteiger partial charge < -0.3 is 15.3 Å². The van der Waals surface area contributed by atoms with Crippen LogP contribution in [0.3, 0.4) is 0 Å². The van der Waals surface area contributed by atoms with Crippen molar-refractivity contribution in [3.63, 3.8) is 0 Å². The molecule has 8 heteroatoms. The van der Waals surface area contributed by atoms with Crippen LogP contribution in [0.1, 0.15) is 40.4 Å². The number of aryl methyl sites for hydroxylation is 1. The molecule has 1 aromatic heterocycles. The molecule has 0 saturated carbocycles.